The Labute approximate surface area is 175 Å². The molecule has 0 aliphatic carbocycles. The molecule has 0 fully saturated rings. The second-order valence-electron chi connectivity index (χ2n) is 6.67. The molecule has 5 aromatic rings. The Morgan fingerprint density at radius 2 is 1.77 bits per heavy atom. The summed E-state index contributed by atoms with van der Waals surface area (Å²) >= 11 is 1.33. The highest BCUT2D eigenvalue weighted by Crippen LogP contribution is 2.36. The molecule has 0 radical (unpaired) electrons. The monoisotopic (exact) mass is 415 g/mol. The maximum absolute atomic E-state index is 13.2. The topological polar surface area (TPSA) is 73.1 Å². The van der Waals surface area contributed by atoms with Crippen LogP contribution >= 0.6 is 11.3 Å². The third-order valence-corrected chi connectivity index (χ3v) is 6.05. The predicted molar refractivity (Wildman–Crippen MR) is 119 cm³/mol. The largest absolute Gasteiger partial charge is 0.497 e. The third kappa shape index (κ3) is 2.89. The number of hydrogen-bond acceptors (Lipinski definition) is 7. The highest BCUT2D eigenvalue weighted by atomic mass is 32.1. The number of thiophene rings is 1. The van der Waals surface area contributed by atoms with E-state index >= 15 is 0 Å². The van der Waals surface area contributed by atoms with Gasteiger partial charge >= 0.3 is 0 Å². The van der Waals surface area contributed by atoms with E-state index in [1.54, 1.807) is 13.4 Å². The van der Waals surface area contributed by atoms with Crippen LogP contribution < -0.4 is 15.2 Å². The molecule has 5 rings (SSSR count). The van der Waals surface area contributed by atoms with Gasteiger partial charge in [-0.05, 0) is 36.4 Å². The number of methoxy groups -OCH3 is 1. The number of nitrogens with zero attached hydrogens (tertiary/aromatic N) is 5. The zero-order valence-electron chi connectivity index (χ0n) is 16.3. The van der Waals surface area contributed by atoms with Crippen LogP contribution in [0.5, 0.6) is 5.75 Å². The fraction of sp³-hybridized carbons (Fsp3) is 0.0909. The summed E-state index contributed by atoms with van der Waals surface area (Å²) < 4.78 is 7.28. The number of aromatic nitrogens is 4. The molecule has 3 aromatic heterocycles. The Bertz CT molecular complexity index is 1410. The van der Waals surface area contributed by atoms with Crippen LogP contribution in [0.1, 0.15) is 0 Å². The quantitative estimate of drug-likeness (QED) is 0.439. The predicted octanol–water partition coefficient (Wildman–Crippen LogP) is 4.17. The van der Waals surface area contributed by atoms with Crippen LogP contribution in [-0.4, -0.2) is 33.7 Å². The lowest BCUT2D eigenvalue weighted by Crippen LogP contribution is -2.17. The summed E-state index contributed by atoms with van der Waals surface area (Å²) in [5, 5.41) is 0.780. The van der Waals surface area contributed by atoms with Gasteiger partial charge in [0.25, 0.3) is 5.56 Å². The molecule has 0 atom stereocenters. The van der Waals surface area contributed by atoms with Crippen molar-refractivity contribution < 1.29 is 4.74 Å². The van der Waals surface area contributed by atoms with Crippen molar-refractivity contribution in [1.82, 2.24) is 19.5 Å². The summed E-state index contributed by atoms with van der Waals surface area (Å²) in [7, 11) is 3.55. The lowest BCUT2D eigenvalue weighted by Gasteiger charge is -2.18. The van der Waals surface area contributed by atoms with Crippen molar-refractivity contribution in [2.75, 3.05) is 19.1 Å². The first-order chi connectivity index (χ1) is 14.7. The summed E-state index contributed by atoms with van der Waals surface area (Å²) in [5.74, 6) is 1.44. The van der Waals surface area contributed by atoms with Crippen LogP contribution in [0.2, 0.25) is 0 Å². The van der Waals surface area contributed by atoms with Gasteiger partial charge in [-0.3, -0.25) is 9.36 Å². The summed E-state index contributed by atoms with van der Waals surface area (Å²) in [6.45, 7) is 0. The van der Waals surface area contributed by atoms with Crippen LogP contribution in [0.25, 0.3) is 26.1 Å². The molecule has 0 amide bonds. The van der Waals surface area contributed by atoms with Gasteiger partial charge in [0.15, 0.2) is 0 Å². The molecular formula is C22H17N5O2S. The number of rotatable bonds is 4. The fourth-order valence-corrected chi connectivity index (χ4v) is 4.42. The molecule has 0 saturated carbocycles. The second kappa shape index (κ2) is 7.23. The zero-order valence-corrected chi connectivity index (χ0v) is 17.1. The maximum atomic E-state index is 13.2. The van der Waals surface area contributed by atoms with Gasteiger partial charge in [-0.15, -0.1) is 11.3 Å². The number of anilines is 2. The van der Waals surface area contributed by atoms with Gasteiger partial charge in [0.2, 0.25) is 0 Å². The number of ether oxygens (including phenoxy) is 1. The summed E-state index contributed by atoms with van der Waals surface area (Å²) in [5.41, 5.74) is 2.19. The van der Waals surface area contributed by atoms with Gasteiger partial charge in [0.05, 0.1) is 18.2 Å². The SMILES string of the molecule is COc1ccc(-n2cnc3c(sc4ncnc(N(C)c5ccccc5)c43)c2=O)cc1. The van der Waals surface area contributed by atoms with Crippen LogP contribution in [0.4, 0.5) is 11.5 Å². The second-order valence-corrected chi connectivity index (χ2v) is 7.67. The first-order valence-corrected chi connectivity index (χ1v) is 10.1. The molecule has 8 heteroatoms. The summed E-state index contributed by atoms with van der Waals surface area (Å²) in [6, 6.07) is 17.2. The molecule has 7 nitrogen and oxygen atoms in total. The van der Waals surface area contributed by atoms with E-state index in [4.69, 9.17) is 4.74 Å². The fourth-order valence-electron chi connectivity index (χ4n) is 3.40. The minimum atomic E-state index is -0.138. The third-order valence-electron chi connectivity index (χ3n) is 4.97. The molecule has 0 aliphatic rings. The highest BCUT2D eigenvalue weighted by molar-refractivity contribution is 7.25. The van der Waals surface area contributed by atoms with E-state index in [1.807, 2.05) is 66.5 Å². The Morgan fingerprint density at radius 1 is 1.00 bits per heavy atom. The molecule has 3 heterocycles. The molecule has 0 bridgehead atoms. The summed E-state index contributed by atoms with van der Waals surface area (Å²) in [4.78, 5) is 29.5. The van der Waals surface area contributed by atoms with Crippen LogP contribution in [0.3, 0.4) is 0 Å². The Kier molecular flexibility index (Phi) is 4.40. The van der Waals surface area contributed by atoms with Crippen molar-refractivity contribution in [3.8, 4) is 11.4 Å². The molecule has 148 valence electrons. The molecule has 0 saturated heterocycles. The van der Waals surface area contributed by atoms with Crippen molar-refractivity contribution in [3.05, 3.63) is 77.6 Å². The van der Waals surface area contributed by atoms with Crippen LogP contribution in [-0.2, 0) is 0 Å². The molecule has 0 spiro atoms. The Balaban J connectivity index is 1.70. The van der Waals surface area contributed by atoms with Gasteiger partial charge in [-0.2, -0.15) is 0 Å². The van der Waals surface area contributed by atoms with Gasteiger partial charge in [-0.1, -0.05) is 18.2 Å². The first-order valence-electron chi connectivity index (χ1n) is 9.25. The standard InChI is InChI=1S/C22H17N5O2S/c1-26(14-6-4-3-5-7-14)20-17-18-19(30-21(17)24-12-23-20)22(28)27(13-25-18)15-8-10-16(29-2)11-9-15/h3-13H,1-2H3. The highest BCUT2D eigenvalue weighted by Gasteiger charge is 2.19. The molecule has 0 aliphatic heterocycles. The van der Waals surface area contributed by atoms with Crippen molar-refractivity contribution in [2.45, 2.75) is 0 Å². The molecule has 0 unspecified atom stereocenters. The molecular weight excluding hydrogens is 398 g/mol. The summed E-state index contributed by atoms with van der Waals surface area (Å²) in [6.07, 6.45) is 3.08. The normalized spacial score (nSPS) is 11.1. The number of hydrogen-bond donors (Lipinski definition) is 0. The van der Waals surface area contributed by atoms with E-state index in [1.165, 1.54) is 22.2 Å². The van der Waals surface area contributed by atoms with E-state index in [2.05, 4.69) is 15.0 Å². The van der Waals surface area contributed by atoms with Gasteiger partial charge < -0.3 is 9.64 Å². The number of para-hydroxylation sites is 1. The van der Waals surface area contributed by atoms with E-state index in [0.29, 0.717) is 16.0 Å². The number of benzene rings is 2. The molecule has 0 N–H and O–H groups in total. The average molecular weight is 415 g/mol. The van der Waals surface area contributed by atoms with Crippen molar-refractivity contribution in [1.29, 1.82) is 0 Å². The first kappa shape index (κ1) is 18.3. The average Bonchev–Trinajstić information content (AvgIpc) is 3.19. The van der Waals surface area contributed by atoms with E-state index in [0.717, 1.165) is 27.3 Å². The smallest absolute Gasteiger partial charge is 0.275 e. The minimum Gasteiger partial charge on any atom is -0.497 e. The van der Waals surface area contributed by atoms with Crippen molar-refractivity contribution >= 4 is 43.3 Å². The Hall–Kier alpha value is -3.78. The minimum absolute atomic E-state index is 0.138. The van der Waals surface area contributed by atoms with E-state index in [-0.39, 0.29) is 5.56 Å². The Morgan fingerprint density at radius 3 is 2.50 bits per heavy atom. The molecule has 30 heavy (non-hydrogen) atoms. The van der Waals surface area contributed by atoms with Crippen LogP contribution in [0, 0.1) is 0 Å². The number of fused-ring (bicyclic) bond motifs is 3. The van der Waals surface area contributed by atoms with Crippen molar-refractivity contribution in [3.63, 3.8) is 0 Å². The lowest BCUT2D eigenvalue weighted by molar-refractivity contribution is 0.414. The van der Waals surface area contributed by atoms with E-state index in [9.17, 15) is 4.79 Å². The zero-order chi connectivity index (χ0) is 20.7. The van der Waals surface area contributed by atoms with Crippen LogP contribution in [0.15, 0.2) is 72.0 Å². The van der Waals surface area contributed by atoms with Gasteiger partial charge in [0.1, 0.15) is 39.3 Å². The van der Waals surface area contributed by atoms with Crippen molar-refractivity contribution in [2.24, 2.45) is 0 Å². The van der Waals surface area contributed by atoms with Gasteiger partial charge in [-0.25, -0.2) is 15.0 Å². The maximum Gasteiger partial charge on any atom is 0.275 e. The lowest BCUT2D eigenvalue weighted by atomic mass is 10.2. The molecule has 2 aromatic carbocycles. The van der Waals surface area contributed by atoms with Gasteiger partial charge in [0, 0.05) is 12.7 Å². The van der Waals surface area contributed by atoms with E-state index < -0.39 is 0 Å².